The van der Waals surface area contributed by atoms with Gasteiger partial charge in [-0.25, -0.2) is 9.97 Å². The first-order valence-corrected chi connectivity index (χ1v) is 5.34. The summed E-state index contributed by atoms with van der Waals surface area (Å²) in [6.45, 7) is 0.671. The van der Waals surface area contributed by atoms with Crippen LogP contribution in [0.5, 0.6) is 0 Å². The molecule has 0 saturated carbocycles. The molecular formula is C12H11N5. The summed E-state index contributed by atoms with van der Waals surface area (Å²) >= 11 is 0. The van der Waals surface area contributed by atoms with E-state index in [0.29, 0.717) is 6.54 Å². The molecule has 0 radical (unpaired) electrons. The van der Waals surface area contributed by atoms with Gasteiger partial charge >= 0.3 is 0 Å². The van der Waals surface area contributed by atoms with Gasteiger partial charge in [-0.1, -0.05) is 6.07 Å². The number of nitrogens with one attached hydrogen (secondary N) is 1. The van der Waals surface area contributed by atoms with Crippen molar-refractivity contribution >= 4 is 11.5 Å². The van der Waals surface area contributed by atoms with Gasteiger partial charge in [-0.2, -0.15) is 0 Å². The Balaban J connectivity index is 1.82. The Hall–Kier alpha value is -2.43. The molecule has 5 heteroatoms. The number of imidazole rings is 1. The second kappa shape index (κ2) is 4.21. The van der Waals surface area contributed by atoms with Gasteiger partial charge < -0.3 is 9.72 Å². The molecule has 3 rings (SSSR count). The van der Waals surface area contributed by atoms with Crippen molar-refractivity contribution in [3.63, 3.8) is 0 Å². The molecule has 0 aliphatic heterocycles. The molecule has 0 aliphatic rings. The lowest BCUT2D eigenvalue weighted by atomic mass is 10.4. The van der Waals surface area contributed by atoms with Gasteiger partial charge in [0.25, 0.3) is 0 Å². The smallest absolute Gasteiger partial charge is 0.144 e. The van der Waals surface area contributed by atoms with E-state index in [1.165, 1.54) is 0 Å². The standard InChI is InChI=1S/C12H11N5/c1-2-6-17-10(8-16-12(17)3-1)7-15-11-9-13-4-5-14-11/h1-6,8-9H,7H2,(H,14,15). The molecule has 84 valence electrons. The summed E-state index contributed by atoms with van der Waals surface area (Å²) in [5.74, 6) is 0.762. The molecule has 3 aromatic rings. The summed E-state index contributed by atoms with van der Waals surface area (Å²) in [6, 6.07) is 5.94. The molecule has 0 amide bonds. The average molecular weight is 225 g/mol. The summed E-state index contributed by atoms with van der Waals surface area (Å²) in [4.78, 5) is 12.5. The fourth-order valence-electron chi connectivity index (χ4n) is 1.69. The lowest BCUT2D eigenvalue weighted by molar-refractivity contribution is 0.988. The molecule has 3 aromatic heterocycles. The van der Waals surface area contributed by atoms with E-state index >= 15 is 0 Å². The van der Waals surface area contributed by atoms with Crippen molar-refractivity contribution in [1.82, 2.24) is 19.4 Å². The Morgan fingerprint density at radius 3 is 3.00 bits per heavy atom. The van der Waals surface area contributed by atoms with E-state index < -0.39 is 0 Å². The fourth-order valence-corrected chi connectivity index (χ4v) is 1.69. The topological polar surface area (TPSA) is 55.1 Å². The number of hydrogen-bond acceptors (Lipinski definition) is 4. The minimum absolute atomic E-state index is 0.671. The number of nitrogens with zero attached hydrogens (tertiary/aromatic N) is 4. The highest BCUT2D eigenvalue weighted by atomic mass is 15.1. The predicted octanol–water partition coefficient (Wildman–Crippen LogP) is 1.74. The largest absolute Gasteiger partial charge is 0.363 e. The van der Waals surface area contributed by atoms with Gasteiger partial charge in [0.1, 0.15) is 11.5 Å². The lowest BCUT2D eigenvalue weighted by Gasteiger charge is -2.04. The van der Waals surface area contributed by atoms with Crippen LogP contribution >= 0.6 is 0 Å². The van der Waals surface area contributed by atoms with Crippen LogP contribution in [0.4, 0.5) is 5.82 Å². The summed E-state index contributed by atoms with van der Waals surface area (Å²) in [5.41, 5.74) is 2.04. The van der Waals surface area contributed by atoms with Crippen LogP contribution in [0.1, 0.15) is 5.69 Å². The summed E-state index contributed by atoms with van der Waals surface area (Å²) in [6.07, 6.45) is 8.87. The van der Waals surface area contributed by atoms with Gasteiger partial charge in [0.15, 0.2) is 0 Å². The Morgan fingerprint density at radius 1 is 1.12 bits per heavy atom. The highest BCUT2D eigenvalue weighted by Crippen LogP contribution is 2.08. The first-order valence-electron chi connectivity index (χ1n) is 5.34. The maximum atomic E-state index is 4.32. The van der Waals surface area contributed by atoms with Crippen molar-refractivity contribution < 1.29 is 0 Å². The minimum atomic E-state index is 0.671. The number of hydrogen-bond donors (Lipinski definition) is 1. The van der Waals surface area contributed by atoms with Gasteiger partial charge in [-0.05, 0) is 12.1 Å². The molecule has 17 heavy (non-hydrogen) atoms. The Bertz CT molecular complexity index is 617. The summed E-state index contributed by atoms with van der Waals surface area (Å²) in [5, 5.41) is 3.20. The zero-order valence-corrected chi connectivity index (χ0v) is 9.11. The molecule has 0 bridgehead atoms. The van der Waals surface area contributed by atoms with Crippen LogP contribution in [0.25, 0.3) is 5.65 Å². The second-order valence-corrected chi connectivity index (χ2v) is 3.62. The second-order valence-electron chi connectivity index (χ2n) is 3.62. The lowest BCUT2D eigenvalue weighted by Crippen LogP contribution is -2.03. The molecule has 0 spiro atoms. The molecular weight excluding hydrogens is 214 g/mol. The van der Waals surface area contributed by atoms with E-state index in [1.807, 2.05) is 35.0 Å². The van der Waals surface area contributed by atoms with Crippen molar-refractivity contribution in [2.75, 3.05) is 5.32 Å². The van der Waals surface area contributed by atoms with Crippen molar-refractivity contribution in [3.8, 4) is 0 Å². The SMILES string of the molecule is c1ccn2c(CNc3cnccn3)cnc2c1. The number of rotatable bonds is 3. The molecule has 5 nitrogen and oxygen atoms in total. The Morgan fingerprint density at radius 2 is 2.12 bits per heavy atom. The van der Waals surface area contributed by atoms with Gasteiger partial charge in [-0.15, -0.1) is 0 Å². The highest BCUT2D eigenvalue weighted by molar-refractivity contribution is 5.41. The summed E-state index contributed by atoms with van der Waals surface area (Å²) < 4.78 is 2.05. The number of fused-ring (bicyclic) bond motifs is 1. The van der Waals surface area contributed by atoms with Gasteiger partial charge in [0.05, 0.1) is 24.6 Å². The predicted molar refractivity (Wildman–Crippen MR) is 64.6 cm³/mol. The number of pyridine rings is 1. The maximum absolute atomic E-state index is 4.32. The molecule has 1 N–H and O–H groups in total. The third kappa shape index (κ3) is 1.94. The third-order valence-corrected chi connectivity index (χ3v) is 2.51. The summed E-state index contributed by atoms with van der Waals surface area (Å²) in [7, 11) is 0. The van der Waals surface area contributed by atoms with Crippen LogP contribution in [-0.4, -0.2) is 19.4 Å². The first kappa shape index (κ1) is 9.77. The molecule has 0 atom stereocenters. The molecule has 0 fully saturated rings. The highest BCUT2D eigenvalue weighted by Gasteiger charge is 2.01. The van der Waals surface area contributed by atoms with Crippen LogP contribution in [0.2, 0.25) is 0 Å². The van der Waals surface area contributed by atoms with Crippen LogP contribution in [-0.2, 0) is 6.54 Å². The number of aromatic nitrogens is 4. The van der Waals surface area contributed by atoms with Crippen molar-refractivity contribution in [3.05, 3.63) is 54.9 Å². The van der Waals surface area contributed by atoms with Crippen LogP contribution in [0.3, 0.4) is 0 Å². The normalized spacial score (nSPS) is 10.6. The van der Waals surface area contributed by atoms with Crippen molar-refractivity contribution in [2.24, 2.45) is 0 Å². The van der Waals surface area contributed by atoms with E-state index in [0.717, 1.165) is 17.2 Å². The molecule has 3 heterocycles. The molecule has 0 unspecified atom stereocenters. The zero-order chi connectivity index (χ0) is 11.5. The maximum Gasteiger partial charge on any atom is 0.144 e. The van der Waals surface area contributed by atoms with Crippen LogP contribution < -0.4 is 5.32 Å². The van der Waals surface area contributed by atoms with Gasteiger partial charge in [-0.3, -0.25) is 4.98 Å². The fraction of sp³-hybridized carbons (Fsp3) is 0.0833. The van der Waals surface area contributed by atoms with Crippen molar-refractivity contribution in [1.29, 1.82) is 0 Å². The van der Waals surface area contributed by atoms with Gasteiger partial charge in [0.2, 0.25) is 0 Å². The molecule has 0 aliphatic carbocycles. The van der Waals surface area contributed by atoms with Gasteiger partial charge in [0, 0.05) is 18.6 Å². The van der Waals surface area contributed by atoms with E-state index in [2.05, 4.69) is 20.3 Å². The van der Waals surface area contributed by atoms with E-state index in [-0.39, 0.29) is 0 Å². The minimum Gasteiger partial charge on any atom is -0.363 e. The Kier molecular flexibility index (Phi) is 2.42. The van der Waals surface area contributed by atoms with E-state index in [1.54, 1.807) is 18.6 Å². The number of anilines is 1. The van der Waals surface area contributed by atoms with Crippen LogP contribution in [0.15, 0.2) is 49.2 Å². The first-order chi connectivity index (χ1) is 8.43. The van der Waals surface area contributed by atoms with Crippen molar-refractivity contribution in [2.45, 2.75) is 6.54 Å². The third-order valence-electron chi connectivity index (χ3n) is 2.51. The van der Waals surface area contributed by atoms with Crippen LogP contribution in [0, 0.1) is 0 Å². The molecule has 0 saturated heterocycles. The quantitative estimate of drug-likeness (QED) is 0.737. The monoisotopic (exact) mass is 225 g/mol. The Labute approximate surface area is 98.2 Å². The average Bonchev–Trinajstić information content (AvgIpc) is 2.81. The van der Waals surface area contributed by atoms with E-state index in [4.69, 9.17) is 0 Å². The zero-order valence-electron chi connectivity index (χ0n) is 9.11. The van der Waals surface area contributed by atoms with E-state index in [9.17, 15) is 0 Å². The molecule has 0 aromatic carbocycles.